The maximum Gasteiger partial charge on any atom is 0.260 e. The van der Waals surface area contributed by atoms with Crippen LogP contribution in [0.5, 0.6) is 0 Å². The van der Waals surface area contributed by atoms with Gasteiger partial charge in [-0.05, 0) is 24.5 Å². The average Bonchev–Trinajstić information content (AvgIpc) is 2.57. The molecule has 0 radical (unpaired) electrons. The molecule has 0 aliphatic heterocycles. The highest BCUT2D eigenvalue weighted by molar-refractivity contribution is 8.07. The van der Waals surface area contributed by atoms with E-state index in [0.717, 1.165) is 0 Å². The number of benzene rings is 1. The van der Waals surface area contributed by atoms with Crippen molar-refractivity contribution in [3.63, 3.8) is 0 Å². The number of carbonyl (C=O) groups is 1. The summed E-state index contributed by atoms with van der Waals surface area (Å²) >= 11 is 7.30. The van der Waals surface area contributed by atoms with Crippen molar-refractivity contribution in [2.24, 2.45) is 5.84 Å². The largest absolute Gasteiger partial charge is 0.396 e. The summed E-state index contributed by atoms with van der Waals surface area (Å²) in [4.78, 5) is 17.1. The number of nitrogens with one attached hydrogen (secondary N) is 2. The zero-order chi connectivity index (χ0) is 17.9. The second-order valence-corrected chi connectivity index (χ2v) is 5.98. The fourth-order valence-corrected chi connectivity index (χ4v) is 2.55. The lowest BCUT2D eigenvalue weighted by atomic mass is 10.1. The molecular weight excluding hydrogens is 353 g/mol. The van der Waals surface area contributed by atoms with Crippen molar-refractivity contribution in [2.75, 3.05) is 22.7 Å². The molecule has 0 fully saturated rings. The van der Waals surface area contributed by atoms with Gasteiger partial charge in [0.05, 0.1) is 28.2 Å². The Morgan fingerprint density at radius 3 is 2.79 bits per heavy atom. The van der Waals surface area contributed by atoms with Crippen LogP contribution in [0.1, 0.15) is 15.9 Å². The van der Waals surface area contributed by atoms with Crippen LogP contribution in [0.3, 0.4) is 0 Å². The Hall–Kier alpha value is -2.29. The van der Waals surface area contributed by atoms with E-state index in [1.54, 1.807) is 6.07 Å². The molecule has 6 N–H and O–H groups in total. The van der Waals surface area contributed by atoms with E-state index >= 15 is 0 Å². The quantitative estimate of drug-likeness (QED) is 0.367. The third kappa shape index (κ3) is 3.61. The van der Waals surface area contributed by atoms with Crippen LogP contribution in [0, 0.1) is 5.82 Å². The number of nitrogen functional groups attached to an aromatic ring is 2. The van der Waals surface area contributed by atoms with Crippen molar-refractivity contribution in [1.82, 2.24) is 4.98 Å². The SMILES string of the molecule is C=C(SC)c1cc(NC(=O)c2c(Cl)ccc(N)c2F)cnc1NN. The molecule has 0 aliphatic carbocycles. The molecule has 0 unspecified atom stereocenters. The molecular formula is C15H15ClFN5OS. The van der Waals surface area contributed by atoms with Gasteiger partial charge >= 0.3 is 0 Å². The summed E-state index contributed by atoms with van der Waals surface area (Å²) in [6, 6.07) is 4.27. The third-order valence-electron chi connectivity index (χ3n) is 3.18. The highest BCUT2D eigenvalue weighted by atomic mass is 35.5. The minimum absolute atomic E-state index is 0.0406. The number of amides is 1. The van der Waals surface area contributed by atoms with Gasteiger partial charge in [-0.1, -0.05) is 18.2 Å². The molecule has 1 amide bonds. The number of aromatic nitrogens is 1. The minimum atomic E-state index is -0.873. The predicted octanol–water partition coefficient (Wildman–Crippen LogP) is 3.33. The zero-order valence-corrected chi connectivity index (χ0v) is 14.3. The van der Waals surface area contributed by atoms with Gasteiger partial charge in [0.15, 0.2) is 5.82 Å². The molecule has 9 heteroatoms. The van der Waals surface area contributed by atoms with E-state index < -0.39 is 11.7 Å². The first-order valence-corrected chi connectivity index (χ1v) is 8.24. The van der Waals surface area contributed by atoms with E-state index in [1.807, 2.05) is 6.26 Å². The number of hydrogen-bond donors (Lipinski definition) is 4. The van der Waals surface area contributed by atoms with Gasteiger partial charge < -0.3 is 16.5 Å². The van der Waals surface area contributed by atoms with Gasteiger partial charge in [0, 0.05) is 10.5 Å². The monoisotopic (exact) mass is 367 g/mol. The molecule has 0 saturated heterocycles. The number of halogens is 2. The molecule has 1 aromatic carbocycles. The van der Waals surface area contributed by atoms with E-state index in [-0.39, 0.29) is 16.3 Å². The minimum Gasteiger partial charge on any atom is -0.396 e. The van der Waals surface area contributed by atoms with Gasteiger partial charge in [0.2, 0.25) is 0 Å². The normalized spacial score (nSPS) is 10.3. The molecule has 2 rings (SSSR count). The predicted molar refractivity (Wildman–Crippen MR) is 98.4 cm³/mol. The third-order valence-corrected chi connectivity index (χ3v) is 4.20. The van der Waals surface area contributed by atoms with E-state index in [0.29, 0.717) is 22.0 Å². The molecule has 1 aromatic heterocycles. The first-order valence-electron chi connectivity index (χ1n) is 6.63. The molecule has 126 valence electrons. The van der Waals surface area contributed by atoms with E-state index in [2.05, 4.69) is 22.3 Å². The van der Waals surface area contributed by atoms with Crippen LogP contribution < -0.4 is 22.3 Å². The van der Waals surface area contributed by atoms with E-state index in [9.17, 15) is 9.18 Å². The number of thioether (sulfide) groups is 1. The first kappa shape index (κ1) is 18.1. The van der Waals surface area contributed by atoms with Crippen LogP contribution in [-0.2, 0) is 0 Å². The Labute approximate surface area is 147 Å². The lowest BCUT2D eigenvalue weighted by molar-refractivity contribution is 0.102. The summed E-state index contributed by atoms with van der Waals surface area (Å²) < 4.78 is 14.1. The zero-order valence-electron chi connectivity index (χ0n) is 12.7. The van der Waals surface area contributed by atoms with Crippen LogP contribution in [0.4, 0.5) is 21.6 Å². The maximum absolute atomic E-state index is 14.1. The van der Waals surface area contributed by atoms with Gasteiger partial charge in [-0.25, -0.2) is 15.2 Å². The van der Waals surface area contributed by atoms with Crippen LogP contribution >= 0.6 is 23.4 Å². The fraction of sp³-hybridized carbons (Fsp3) is 0.0667. The van der Waals surface area contributed by atoms with Gasteiger partial charge in [-0.15, -0.1) is 11.8 Å². The smallest absolute Gasteiger partial charge is 0.260 e. The summed E-state index contributed by atoms with van der Waals surface area (Å²) in [6.07, 6.45) is 3.22. The Balaban J connectivity index is 2.37. The van der Waals surface area contributed by atoms with Crippen molar-refractivity contribution in [3.05, 3.63) is 52.9 Å². The van der Waals surface area contributed by atoms with Gasteiger partial charge in [0.25, 0.3) is 5.91 Å². The van der Waals surface area contributed by atoms with E-state index in [1.165, 1.54) is 30.1 Å². The Bertz CT molecular complexity index is 815. The number of carbonyl (C=O) groups excluding carboxylic acids is 1. The molecule has 0 bridgehead atoms. The second kappa shape index (κ2) is 7.52. The van der Waals surface area contributed by atoms with Crippen LogP contribution in [-0.4, -0.2) is 17.1 Å². The Kier molecular flexibility index (Phi) is 5.66. The van der Waals surface area contributed by atoms with Crippen molar-refractivity contribution in [3.8, 4) is 0 Å². The molecule has 0 atom stereocenters. The average molecular weight is 368 g/mol. The van der Waals surface area contributed by atoms with Crippen LogP contribution in [0.15, 0.2) is 31.0 Å². The van der Waals surface area contributed by atoms with Crippen molar-refractivity contribution < 1.29 is 9.18 Å². The number of nitrogens with zero attached hydrogens (tertiary/aromatic N) is 1. The number of hydrazine groups is 1. The first-order chi connectivity index (χ1) is 11.4. The molecule has 1 heterocycles. The molecule has 2 aromatic rings. The molecule has 0 saturated carbocycles. The standard InChI is InChI=1S/C15H15ClFN5OS/c1-7(24-2)9-5-8(6-20-14(9)22-19)21-15(23)12-10(16)3-4-11(18)13(12)17/h3-6H,1,18-19H2,2H3,(H,20,22)(H,21,23). The lowest BCUT2D eigenvalue weighted by Crippen LogP contribution is -2.16. The van der Waals surface area contributed by atoms with Crippen molar-refractivity contribution >= 4 is 51.4 Å². The maximum atomic E-state index is 14.1. The number of anilines is 3. The summed E-state index contributed by atoms with van der Waals surface area (Å²) in [5, 5.41) is 2.50. The fourth-order valence-electron chi connectivity index (χ4n) is 1.94. The van der Waals surface area contributed by atoms with Gasteiger partial charge in [0.1, 0.15) is 5.82 Å². The summed E-state index contributed by atoms with van der Waals surface area (Å²) in [6.45, 7) is 3.89. The second-order valence-electron chi connectivity index (χ2n) is 4.67. The van der Waals surface area contributed by atoms with Crippen molar-refractivity contribution in [1.29, 1.82) is 0 Å². The lowest BCUT2D eigenvalue weighted by Gasteiger charge is -2.13. The number of hydrogen-bond acceptors (Lipinski definition) is 6. The number of pyridine rings is 1. The summed E-state index contributed by atoms with van der Waals surface area (Å²) in [5.74, 6) is 4.21. The van der Waals surface area contributed by atoms with Crippen molar-refractivity contribution in [2.45, 2.75) is 0 Å². The van der Waals surface area contributed by atoms with Gasteiger partial charge in [-0.3, -0.25) is 4.79 Å². The number of nitrogens with two attached hydrogens (primary N) is 2. The summed E-state index contributed by atoms with van der Waals surface area (Å²) in [5.41, 5.74) is 8.38. The van der Waals surface area contributed by atoms with E-state index in [4.69, 9.17) is 23.2 Å². The highest BCUT2D eigenvalue weighted by Gasteiger charge is 2.19. The van der Waals surface area contributed by atoms with Gasteiger partial charge in [-0.2, -0.15) is 0 Å². The highest BCUT2D eigenvalue weighted by Crippen LogP contribution is 2.30. The molecule has 6 nitrogen and oxygen atoms in total. The molecule has 0 spiro atoms. The number of rotatable bonds is 5. The van der Waals surface area contributed by atoms with Crippen LogP contribution in [0.25, 0.3) is 4.91 Å². The summed E-state index contributed by atoms with van der Waals surface area (Å²) in [7, 11) is 0. The Morgan fingerprint density at radius 2 is 2.17 bits per heavy atom. The molecule has 24 heavy (non-hydrogen) atoms. The topological polar surface area (TPSA) is 106 Å². The van der Waals surface area contributed by atoms with Crippen LogP contribution in [0.2, 0.25) is 5.02 Å². The molecule has 0 aliphatic rings. The Morgan fingerprint density at radius 1 is 1.46 bits per heavy atom.